The first kappa shape index (κ1) is 19.7. The van der Waals surface area contributed by atoms with Gasteiger partial charge < -0.3 is 20.1 Å². The minimum Gasteiger partial charge on any atom is -0.463 e. The number of rotatable bonds is 4. The summed E-state index contributed by atoms with van der Waals surface area (Å²) in [4.78, 5) is 25.7. The van der Waals surface area contributed by atoms with E-state index in [2.05, 4.69) is 10.6 Å². The van der Waals surface area contributed by atoms with Gasteiger partial charge in [-0.15, -0.1) is 0 Å². The van der Waals surface area contributed by atoms with Crippen molar-refractivity contribution in [2.24, 2.45) is 5.92 Å². The molecule has 1 aliphatic carbocycles. The summed E-state index contributed by atoms with van der Waals surface area (Å²) in [6.07, 6.45) is 2.59. The van der Waals surface area contributed by atoms with Gasteiger partial charge in [-0.2, -0.15) is 0 Å². The highest BCUT2D eigenvalue weighted by atomic mass is 16.6. The van der Waals surface area contributed by atoms with Gasteiger partial charge in [0.15, 0.2) is 5.54 Å². The molecule has 1 heterocycles. The highest BCUT2D eigenvalue weighted by Crippen LogP contribution is 2.38. The van der Waals surface area contributed by atoms with Crippen LogP contribution in [-0.4, -0.2) is 37.4 Å². The fourth-order valence-corrected chi connectivity index (χ4v) is 3.85. The molecule has 1 amide bonds. The van der Waals surface area contributed by atoms with E-state index in [1.165, 1.54) is 0 Å². The monoisotopic (exact) mass is 374 g/mol. The van der Waals surface area contributed by atoms with Crippen LogP contribution >= 0.6 is 0 Å². The molecule has 2 aliphatic rings. The molecule has 1 aromatic rings. The zero-order chi connectivity index (χ0) is 19.5. The number of esters is 1. The summed E-state index contributed by atoms with van der Waals surface area (Å²) in [5, 5.41) is 6.16. The average Bonchev–Trinajstić information content (AvgIpc) is 2.99. The topological polar surface area (TPSA) is 76.7 Å². The quantitative estimate of drug-likeness (QED) is 0.793. The Morgan fingerprint density at radius 2 is 1.93 bits per heavy atom. The summed E-state index contributed by atoms with van der Waals surface area (Å²) in [6, 6.07) is 7.72. The number of carbonyl (C=O) groups excluding carboxylic acids is 2. The fraction of sp³-hybridized carbons (Fsp3) is 0.619. The van der Waals surface area contributed by atoms with Crippen molar-refractivity contribution in [3.8, 4) is 0 Å². The van der Waals surface area contributed by atoms with Crippen molar-refractivity contribution in [2.45, 2.75) is 57.6 Å². The molecule has 1 unspecified atom stereocenters. The number of aryl methyl sites for hydroxylation is 1. The van der Waals surface area contributed by atoms with E-state index in [1.54, 1.807) is 20.8 Å². The van der Waals surface area contributed by atoms with Crippen molar-refractivity contribution in [2.75, 3.05) is 19.7 Å². The maximum atomic E-state index is 13.2. The van der Waals surface area contributed by atoms with Crippen LogP contribution in [0.4, 0.5) is 4.79 Å². The second-order valence-corrected chi connectivity index (χ2v) is 8.48. The Morgan fingerprint density at radius 1 is 1.22 bits per heavy atom. The molecule has 3 rings (SSSR count). The van der Waals surface area contributed by atoms with Crippen molar-refractivity contribution in [3.63, 3.8) is 0 Å². The number of ether oxygens (including phenoxy) is 2. The lowest BCUT2D eigenvalue weighted by Gasteiger charge is -2.32. The molecule has 148 valence electrons. The number of amides is 1. The number of piperidine rings is 1. The predicted molar refractivity (Wildman–Crippen MR) is 102 cm³/mol. The van der Waals surface area contributed by atoms with E-state index >= 15 is 0 Å². The van der Waals surface area contributed by atoms with Gasteiger partial charge >= 0.3 is 12.1 Å². The molecule has 2 N–H and O–H groups in total. The average molecular weight is 374 g/mol. The van der Waals surface area contributed by atoms with Crippen molar-refractivity contribution in [3.05, 3.63) is 35.4 Å². The Kier molecular flexibility index (Phi) is 5.75. The Morgan fingerprint density at radius 3 is 2.63 bits per heavy atom. The lowest BCUT2D eigenvalue weighted by molar-refractivity contribution is -0.154. The number of benzene rings is 1. The zero-order valence-electron chi connectivity index (χ0n) is 16.5. The van der Waals surface area contributed by atoms with Crippen molar-refractivity contribution in [1.29, 1.82) is 0 Å². The Hall–Kier alpha value is -2.08. The van der Waals surface area contributed by atoms with Gasteiger partial charge in [0.1, 0.15) is 5.60 Å². The highest BCUT2D eigenvalue weighted by molar-refractivity contribution is 5.88. The van der Waals surface area contributed by atoms with Gasteiger partial charge in [-0.25, -0.2) is 9.59 Å². The first-order valence-electron chi connectivity index (χ1n) is 9.78. The standard InChI is InChI=1S/C21H30N2O4/c1-20(2,3)27-19(25)23-21(11-8-16-6-4-5-7-17(16)21)18(24)26-14-15-9-12-22-13-10-15/h4-7,15,22H,8-14H2,1-3H3,(H,23,25). The van der Waals surface area contributed by atoms with Gasteiger partial charge in [0.2, 0.25) is 0 Å². The van der Waals surface area contributed by atoms with Gasteiger partial charge in [-0.3, -0.25) is 0 Å². The van der Waals surface area contributed by atoms with Gasteiger partial charge in [-0.1, -0.05) is 24.3 Å². The van der Waals surface area contributed by atoms with E-state index in [4.69, 9.17) is 9.47 Å². The number of nitrogens with one attached hydrogen (secondary N) is 2. The summed E-state index contributed by atoms with van der Waals surface area (Å²) in [6.45, 7) is 7.70. The number of hydrogen-bond donors (Lipinski definition) is 2. The molecule has 0 bridgehead atoms. The molecule has 1 atom stereocenters. The Bertz CT molecular complexity index is 692. The second-order valence-electron chi connectivity index (χ2n) is 8.48. The van der Waals surface area contributed by atoms with E-state index in [9.17, 15) is 9.59 Å². The van der Waals surface area contributed by atoms with Gasteiger partial charge in [0.05, 0.1) is 6.61 Å². The molecule has 0 aromatic heterocycles. The van der Waals surface area contributed by atoms with E-state index in [1.807, 2.05) is 24.3 Å². The molecule has 0 spiro atoms. The van der Waals surface area contributed by atoms with Crippen LogP contribution in [0.15, 0.2) is 24.3 Å². The van der Waals surface area contributed by atoms with E-state index < -0.39 is 23.2 Å². The molecular formula is C21H30N2O4. The molecule has 6 heteroatoms. The highest BCUT2D eigenvalue weighted by Gasteiger charge is 2.48. The lowest BCUT2D eigenvalue weighted by Crippen LogP contribution is -2.52. The van der Waals surface area contributed by atoms with Crippen molar-refractivity contribution in [1.82, 2.24) is 10.6 Å². The first-order valence-corrected chi connectivity index (χ1v) is 9.78. The Balaban J connectivity index is 1.78. The molecule has 1 aromatic carbocycles. The number of carbonyl (C=O) groups is 2. The Labute approximate surface area is 161 Å². The summed E-state index contributed by atoms with van der Waals surface area (Å²) >= 11 is 0. The summed E-state index contributed by atoms with van der Waals surface area (Å²) < 4.78 is 11.1. The van der Waals surface area contributed by atoms with Gasteiger partial charge in [0.25, 0.3) is 0 Å². The predicted octanol–water partition coefficient (Wildman–Crippen LogP) is 2.90. The molecule has 0 saturated carbocycles. The van der Waals surface area contributed by atoms with E-state index in [0.29, 0.717) is 25.4 Å². The van der Waals surface area contributed by atoms with Crippen LogP contribution in [0.1, 0.15) is 51.2 Å². The molecule has 1 aliphatic heterocycles. The number of hydrogen-bond acceptors (Lipinski definition) is 5. The lowest BCUT2D eigenvalue weighted by atomic mass is 9.91. The molecule has 1 saturated heterocycles. The minimum absolute atomic E-state index is 0.366. The van der Waals surface area contributed by atoms with Gasteiger partial charge in [-0.05, 0) is 76.6 Å². The number of alkyl carbamates (subject to hydrolysis) is 1. The third-order valence-corrected chi connectivity index (χ3v) is 5.22. The van der Waals surface area contributed by atoms with Crippen LogP contribution in [-0.2, 0) is 26.2 Å². The maximum absolute atomic E-state index is 13.2. The first-order chi connectivity index (χ1) is 12.8. The van der Waals surface area contributed by atoms with Crippen LogP contribution in [0.5, 0.6) is 0 Å². The van der Waals surface area contributed by atoms with E-state index in [0.717, 1.165) is 37.1 Å². The summed E-state index contributed by atoms with van der Waals surface area (Å²) in [7, 11) is 0. The summed E-state index contributed by atoms with van der Waals surface area (Å²) in [5.74, 6) is -0.0257. The van der Waals surface area contributed by atoms with Crippen LogP contribution in [0.3, 0.4) is 0 Å². The third kappa shape index (κ3) is 4.61. The fourth-order valence-electron chi connectivity index (χ4n) is 3.85. The van der Waals surface area contributed by atoms with E-state index in [-0.39, 0.29) is 0 Å². The molecular weight excluding hydrogens is 344 g/mol. The van der Waals surface area contributed by atoms with Crippen LogP contribution < -0.4 is 10.6 Å². The van der Waals surface area contributed by atoms with Crippen LogP contribution in [0, 0.1) is 5.92 Å². The number of fused-ring (bicyclic) bond motifs is 1. The normalized spacial score (nSPS) is 22.8. The van der Waals surface area contributed by atoms with Crippen molar-refractivity contribution < 1.29 is 19.1 Å². The third-order valence-electron chi connectivity index (χ3n) is 5.22. The molecule has 6 nitrogen and oxygen atoms in total. The molecule has 0 radical (unpaired) electrons. The minimum atomic E-state index is -1.17. The van der Waals surface area contributed by atoms with Gasteiger partial charge in [0, 0.05) is 0 Å². The van der Waals surface area contributed by atoms with Crippen molar-refractivity contribution >= 4 is 12.1 Å². The van der Waals surface area contributed by atoms with Crippen LogP contribution in [0.2, 0.25) is 0 Å². The second kappa shape index (κ2) is 7.89. The smallest absolute Gasteiger partial charge is 0.408 e. The molecule has 1 fully saturated rings. The zero-order valence-corrected chi connectivity index (χ0v) is 16.5. The SMILES string of the molecule is CC(C)(C)OC(=O)NC1(C(=O)OCC2CCNCC2)CCc2ccccc21. The van der Waals surface area contributed by atoms with Crippen LogP contribution in [0.25, 0.3) is 0 Å². The summed E-state index contributed by atoms with van der Waals surface area (Å²) in [5.41, 5.74) is 0.0624. The molecule has 27 heavy (non-hydrogen) atoms. The maximum Gasteiger partial charge on any atom is 0.408 e. The largest absolute Gasteiger partial charge is 0.463 e.